The normalized spacial score (nSPS) is 13.9. The average molecular weight is 292 g/mol. The minimum absolute atomic E-state index is 0.558. The summed E-state index contributed by atoms with van der Waals surface area (Å²) in [6.07, 6.45) is 0.697. The average Bonchev–Trinajstić information content (AvgIpc) is 2.49. The Morgan fingerprint density at radius 3 is 1.37 bits per heavy atom. The standard InChI is InChI=1S/C15H16O2S2/c16-18(14-8-3-1-4-9-14)12-7-13-19(17)15-10-5-2-6-11-15/h1-6,8-11H,7,12-13H2. The van der Waals surface area contributed by atoms with Gasteiger partial charge in [0.15, 0.2) is 0 Å². The molecule has 19 heavy (non-hydrogen) atoms. The van der Waals surface area contributed by atoms with Gasteiger partial charge in [0.05, 0.1) is 21.6 Å². The lowest BCUT2D eigenvalue weighted by Crippen LogP contribution is -2.04. The molecule has 2 nitrogen and oxygen atoms in total. The summed E-state index contributed by atoms with van der Waals surface area (Å²) in [6.45, 7) is 0. The molecule has 0 spiro atoms. The predicted molar refractivity (Wildman–Crippen MR) is 80.1 cm³/mol. The van der Waals surface area contributed by atoms with Crippen molar-refractivity contribution in [2.45, 2.75) is 16.2 Å². The molecule has 0 N–H and O–H groups in total. The fourth-order valence-corrected chi connectivity index (χ4v) is 4.09. The Kier molecular flexibility index (Phi) is 5.48. The van der Waals surface area contributed by atoms with Crippen LogP contribution in [0.2, 0.25) is 0 Å². The third-order valence-corrected chi connectivity index (χ3v) is 5.59. The van der Waals surface area contributed by atoms with Crippen LogP contribution in [0.15, 0.2) is 70.5 Å². The zero-order valence-electron chi connectivity index (χ0n) is 10.5. The van der Waals surface area contributed by atoms with Gasteiger partial charge in [-0.25, -0.2) is 0 Å². The summed E-state index contributed by atoms with van der Waals surface area (Å²) in [5, 5.41) is 0. The molecular weight excluding hydrogens is 276 g/mol. The molecule has 2 unspecified atom stereocenters. The highest BCUT2D eigenvalue weighted by atomic mass is 32.2. The highest BCUT2D eigenvalue weighted by Gasteiger charge is 2.06. The van der Waals surface area contributed by atoms with Gasteiger partial charge in [0, 0.05) is 21.3 Å². The molecule has 100 valence electrons. The predicted octanol–water partition coefficient (Wildman–Crippen LogP) is 2.99. The van der Waals surface area contributed by atoms with Gasteiger partial charge < -0.3 is 0 Å². The van der Waals surface area contributed by atoms with Crippen molar-refractivity contribution in [2.75, 3.05) is 11.5 Å². The molecule has 0 bridgehead atoms. The third kappa shape index (κ3) is 4.40. The summed E-state index contributed by atoms with van der Waals surface area (Å²) in [6, 6.07) is 18.8. The van der Waals surface area contributed by atoms with Crippen LogP contribution in [0, 0.1) is 0 Å². The van der Waals surface area contributed by atoms with E-state index in [2.05, 4.69) is 0 Å². The van der Waals surface area contributed by atoms with Crippen LogP contribution in [-0.4, -0.2) is 19.9 Å². The van der Waals surface area contributed by atoms with E-state index in [9.17, 15) is 8.42 Å². The molecule has 0 aliphatic rings. The molecule has 0 saturated carbocycles. The Morgan fingerprint density at radius 2 is 1.00 bits per heavy atom. The van der Waals surface area contributed by atoms with Gasteiger partial charge in [0.2, 0.25) is 0 Å². The Balaban J connectivity index is 1.81. The molecule has 0 fully saturated rings. The second kappa shape index (κ2) is 7.36. The molecular formula is C15H16O2S2. The van der Waals surface area contributed by atoms with Crippen LogP contribution in [0.25, 0.3) is 0 Å². The van der Waals surface area contributed by atoms with Crippen LogP contribution in [0.5, 0.6) is 0 Å². The smallest absolute Gasteiger partial charge is 0.0529 e. The Bertz CT molecular complexity index is 501. The maximum Gasteiger partial charge on any atom is 0.0529 e. The van der Waals surface area contributed by atoms with Crippen molar-refractivity contribution in [3.05, 3.63) is 60.7 Å². The molecule has 0 aliphatic carbocycles. The maximum absolute atomic E-state index is 12.0. The second-order valence-electron chi connectivity index (χ2n) is 4.08. The first-order valence-electron chi connectivity index (χ1n) is 6.14. The summed E-state index contributed by atoms with van der Waals surface area (Å²) in [5.74, 6) is 1.12. The van der Waals surface area contributed by atoms with Crippen LogP contribution < -0.4 is 0 Å². The first-order chi connectivity index (χ1) is 9.27. The molecule has 0 saturated heterocycles. The van der Waals surface area contributed by atoms with Gasteiger partial charge in [-0.1, -0.05) is 36.4 Å². The van der Waals surface area contributed by atoms with E-state index in [1.807, 2.05) is 60.7 Å². The van der Waals surface area contributed by atoms with Crippen LogP contribution >= 0.6 is 0 Å². The van der Waals surface area contributed by atoms with Crippen molar-refractivity contribution in [2.24, 2.45) is 0 Å². The van der Waals surface area contributed by atoms with Crippen LogP contribution in [-0.2, 0) is 21.6 Å². The monoisotopic (exact) mass is 292 g/mol. The van der Waals surface area contributed by atoms with E-state index in [1.54, 1.807) is 0 Å². The molecule has 0 heterocycles. The van der Waals surface area contributed by atoms with Gasteiger partial charge in [-0.15, -0.1) is 0 Å². The number of benzene rings is 2. The topological polar surface area (TPSA) is 34.1 Å². The van der Waals surface area contributed by atoms with Gasteiger partial charge in [-0.2, -0.15) is 0 Å². The van der Waals surface area contributed by atoms with Crippen molar-refractivity contribution in [3.63, 3.8) is 0 Å². The molecule has 0 aliphatic heterocycles. The molecule has 4 heteroatoms. The molecule has 0 aromatic heterocycles. The Hall–Kier alpha value is -1.26. The fraction of sp³-hybridized carbons (Fsp3) is 0.200. The van der Waals surface area contributed by atoms with Gasteiger partial charge in [-0.3, -0.25) is 8.42 Å². The first kappa shape index (κ1) is 14.2. The lowest BCUT2D eigenvalue weighted by Gasteiger charge is -2.03. The van der Waals surface area contributed by atoms with E-state index in [1.165, 1.54) is 0 Å². The molecule has 2 rings (SSSR count). The van der Waals surface area contributed by atoms with E-state index in [-0.39, 0.29) is 0 Å². The lowest BCUT2D eigenvalue weighted by molar-refractivity contribution is 0.678. The summed E-state index contributed by atoms with van der Waals surface area (Å²) in [5.41, 5.74) is 0. The van der Waals surface area contributed by atoms with E-state index >= 15 is 0 Å². The first-order valence-corrected chi connectivity index (χ1v) is 8.78. The summed E-state index contributed by atoms with van der Waals surface area (Å²) < 4.78 is 23.9. The summed E-state index contributed by atoms with van der Waals surface area (Å²) >= 11 is 0. The number of hydrogen-bond donors (Lipinski definition) is 0. The minimum atomic E-state index is -0.991. The van der Waals surface area contributed by atoms with Crippen LogP contribution in [0.1, 0.15) is 6.42 Å². The molecule has 0 amide bonds. The second-order valence-corrected chi connectivity index (χ2v) is 7.22. The lowest BCUT2D eigenvalue weighted by atomic mass is 10.4. The van der Waals surface area contributed by atoms with E-state index in [0.717, 1.165) is 9.79 Å². The number of rotatable bonds is 6. The summed E-state index contributed by atoms with van der Waals surface area (Å²) in [4.78, 5) is 1.68. The molecule has 0 radical (unpaired) electrons. The molecule has 2 aromatic rings. The SMILES string of the molecule is O=S(CCCS(=O)c1ccccc1)c1ccccc1. The third-order valence-electron chi connectivity index (χ3n) is 2.67. The van der Waals surface area contributed by atoms with E-state index < -0.39 is 21.6 Å². The van der Waals surface area contributed by atoms with Crippen molar-refractivity contribution in [3.8, 4) is 0 Å². The van der Waals surface area contributed by atoms with Crippen molar-refractivity contribution >= 4 is 21.6 Å². The van der Waals surface area contributed by atoms with Gasteiger partial charge in [0.25, 0.3) is 0 Å². The van der Waals surface area contributed by atoms with Crippen LogP contribution in [0.4, 0.5) is 0 Å². The van der Waals surface area contributed by atoms with Gasteiger partial charge in [-0.05, 0) is 30.7 Å². The van der Waals surface area contributed by atoms with Crippen molar-refractivity contribution < 1.29 is 8.42 Å². The minimum Gasteiger partial charge on any atom is -0.254 e. The Labute approximate surface area is 118 Å². The van der Waals surface area contributed by atoms with Gasteiger partial charge in [0.1, 0.15) is 0 Å². The van der Waals surface area contributed by atoms with E-state index in [0.29, 0.717) is 17.9 Å². The maximum atomic E-state index is 12.0. The Morgan fingerprint density at radius 1 is 0.632 bits per heavy atom. The number of hydrogen-bond acceptors (Lipinski definition) is 2. The van der Waals surface area contributed by atoms with Gasteiger partial charge >= 0.3 is 0 Å². The zero-order valence-corrected chi connectivity index (χ0v) is 12.2. The highest BCUT2D eigenvalue weighted by Crippen LogP contribution is 2.09. The summed E-state index contributed by atoms with van der Waals surface area (Å²) in [7, 11) is -1.98. The quantitative estimate of drug-likeness (QED) is 0.820. The van der Waals surface area contributed by atoms with Crippen molar-refractivity contribution in [1.82, 2.24) is 0 Å². The van der Waals surface area contributed by atoms with Crippen molar-refractivity contribution in [1.29, 1.82) is 0 Å². The fourth-order valence-electron chi connectivity index (χ4n) is 1.70. The zero-order chi connectivity index (χ0) is 13.5. The molecule has 2 aromatic carbocycles. The highest BCUT2D eigenvalue weighted by molar-refractivity contribution is 7.86. The largest absolute Gasteiger partial charge is 0.254 e. The van der Waals surface area contributed by atoms with E-state index in [4.69, 9.17) is 0 Å². The molecule has 2 atom stereocenters. The van der Waals surface area contributed by atoms with Crippen LogP contribution in [0.3, 0.4) is 0 Å².